The quantitative estimate of drug-likeness (QED) is 0.814. The smallest absolute Gasteiger partial charge is 0.220 e. The standard InChI is InChI=1S/C16H15BrFN3O/c1-2-6-16(7-5-14(22)21-16)15-19-9-13(20-15)11-4-3-10(17)8-12(11)18/h2-4,8-9H,1,5-7H2,(H,19,20)(H,21,22). The van der Waals surface area contributed by atoms with Crippen molar-refractivity contribution in [1.29, 1.82) is 0 Å². The van der Waals surface area contributed by atoms with Crippen LogP contribution in [0.4, 0.5) is 4.39 Å². The molecule has 0 bridgehead atoms. The van der Waals surface area contributed by atoms with Gasteiger partial charge in [0.2, 0.25) is 5.91 Å². The molecule has 1 aliphatic rings. The zero-order valence-corrected chi connectivity index (χ0v) is 13.4. The first-order valence-corrected chi connectivity index (χ1v) is 7.76. The lowest BCUT2D eigenvalue weighted by atomic mass is 9.92. The van der Waals surface area contributed by atoms with Gasteiger partial charge in [-0.15, -0.1) is 6.58 Å². The summed E-state index contributed by atoms with van der Waals surface area (Å²) >= 11 is 3.24. The number of rotatable bonds is 4. The number of aromatic nitrogens is 2. The van der Waals surface area contributed by atoms with Crippen molar-refractivity contribution >= 4 is 21.8 Å². The van der Waals surface area contributed by atoms with Crippen LogP contribution < -0.4 is 5.32 Å². The highest BCUT2D eigenvalue weighted by Crippen LogP contribution is 2.34. The van der Waals surface area contributed by atoms with Gasteiger partial charge < -0.3 is 10.3 Å². The topological polar surface area (TPSA) is 57.8 Å². The maximum Gasteiger partial charge on any atom is 0.220 e. The summed E-state index contributed by atoms with van der Waals surface area (Å²) in [4.78, 5) is 19.1. The Balaban J connectivity index is 1.99. The van der Waals surface area contributed by atoms with E-state index in [-0.39, 0.29) is 11.7 Å². The zero-order valence-electron chi connectivity index (χ0n) is 11.8. The molecule has 1 aromatic heterocycles. The Morgan fingerprint density at radius 1 is 1.50 bits per heavy atom. The van der Waals surface area contributed by atoms with Gasteiger partial charge in [0, 0.05) is 16.5 Å². The number of hydrogen-bond acceptors (Lipinski definition) is 2. The van der Waals surface area contributed by atoms with Gasteiger partial charge >= 0.3 is 0 Å². The summed E-state index contributed by atoms with van der Waals surface area (Å²) < 4.78 is 14.7. The van der Waals surface area contributed by atoms with Crippen LogP contribution in [-0.2, 0) is 10.3 Å². The van der Waals surface area contributed by atoms with Crippen LogP contribution in [0.25, 0.3) is 11.3 Å². The highest BCUT2D eigenvalue weighted by Gasteiger charge is 2.40. The van der Waals surface area contributed by atoms with E-state index in [9.17, 15) is 9.18 Å². The summed E-state index contributed by atoms with van der Waals surface area (Å²) in [6.07, 6.45) is 5.03. The van der Waals surface area contributed by atoms with Gasteiger partial charge in [0.25, 0.3) is 0 Å². The third-order valence-electron chi connectivity index (χ3n) is 3.90. The molecule has 1 amide bonds. The number of aromatic amines is 1. The van der Waals surface area contributed by atoms with Gasteiger partial charge in [-0.3, -0.25) is 4.79 Å². The van der Waals surface area contributed by atoms with Crippen molar-refractivity contribution in [3.05, 3.63) is 53.2 Å². The summed E-state index contributed by atoms with van der Waals surface area (Å²) in [6, 6.07) is 4.87. The second kappa shape index (κ2) is 5.68. The number of halogens is 2. The van der Waals surface area contributed by atoms with Gasteiger partial charge in [-0.05, 0) is 31.0 Å². The molecular weight excluding hydrogens is 349 g/mol. The Morgan fingerprint density at radius 3 is 2.95 bits per heavy atom. The largest absolute Gasteiger partial charge is 0.343 e. The predicted octanol–water partition coefficient (Wildman–Crippen LogP) is 3.66. The number of nitrogens with one attached hydrogen (secondary N) is 2. The first-order chi connectivity index (χ1) is 10.5. The maximum atomic E-state index is 14.1. The molecule has 0 aliphatic carbocycles. The summed E-state index contributed by atoms with van der Waals surface area (Å²) in [7, 11) is 0. The molecular formula is C16H15BrFN3O. The number of nitrogens with zero attached hydrogens (tertiary/aromatic N) is 1. The van der Waals surface area contributed by atoms with Crippen molar-refractivity contribution in [2.75, 3.05) is 0 Å². The van der Waals surface area contributed by atoms with Gasteiger partial charge in [0.1, 0.15) is 17.2 Å². The monoisotopic (exact) mass is 363 g/mol. The van der Waals surface area contributed by atoms with Gasteiger partial charge in [0.05, 0.1) is 11.9 Å². The molecule has 3 rings (SSSR count). The highest BCUT2D eigenvalue weighted by molar-refractivity contribution is 9.10. The molecule has 0 saturated carbocycles. The fourth-order valence-electron chi connectivity index (χ4n) is 2.80. The minimum absolute atomic E-state index is 0.00498. The number of H-pyrrole nitrogens is 1. The van der Waals surface area contributed by atoms with E-state index in [2.05, 4.69) is 37.8 Å². The molecule has 114 valence electrons. The van der Waals surface area contributed by atoms with Crippen LogP contribution in [0.2, 0.25) is 0 Å². The average molecular weight is 364 g/mol. The predicted molar refractivity (Wildman–Crippen MR) is 85.6 cm³/mol. The van der Waals surface area contributed by atoms with E-state index in [4.69, 9.17) is 0 Å². The number of benzene rings is 1. The second-order valence-corrected chi connectivity index (χ2v) is 6.31. The molecule has 4 nitrogen and oxygen atoms in total. The van der Waals surface area contributed by atoms with Crippen LogP contribution in [-0.4, -0.2) is 15.9 Å². The van der Waals surface area contributed by atoms with Crippen molar-refractivity contribution in [3.63, 3.8) is 0 Å². The Labute approximate surface area is 136 Å². The second-order valence-electron chi connectivity index (χ2n) is 5.39. The fraction of sp³-hybridized carbons (Fsp3) is 0.250. The zero-order chi connectivity index (χ0) is 15.7. The molecule has 2 aromatic rings. The van der Waals surface area contributed by atoms with E-state index in [0.717, 1.165) is 0 Å². The van der Waals surface area contributed by atoms with Crippen molar-refractivity contribution < 1.29 is 9.18 Å². The van der Waals surface area contributed by atoms with Crippen molar-refractivity contribution in [3.8, 4) is 11.3 Å². The first-order valence-electron chi connectivity index (χ1n) is 6.97. The first kappa shape index (κ1) is 15.0. The number of amides is 1. The van der Waals surface area contributed by atoms with Crippen molar-refractivity contribution in [2.45, 2.75) is 24.8 Å². The summed E-state index contributed by atoms with van der Waals surface area (Å²) in [6.45, 7) is 3.75. The number of imidazole rings is 1. The maximum absolute atomic E-state index is 14.1. The SMILES string of the molecule is C=CCC1(c2ncc(-c3ccc(Br)cc3F)[nH]2)CCC(=O)N1. The van der Waals surface area contributed by atoms with Gasteiger partial charge in [-0.2, -0.15) is 0 Å². The average Bonchev–Trinajstić information content (AvgIpc) is 3.07. The Kier molecular flexibility index (Phi) is 3.87. The van der Waals surface area contributed by atoms with Crippen molar-refractivity contribution in [1.82, 2.24) is 15.3 Å². The minimum atomic E-state index is -0.567. The van der Waals surface area contributed by atoms with Crippen LogP contribution >= 0.6 is 15.9 Å². The van der Waals surface area contributed by atoms with E-state index in [1.54, 1.807) is 24.4 Å². The molecule has 1 aliphatic heterocycles. The van der Waals surface area contributed by atoms with E-state index >= 15 is 0 Å². The van der Waals surface area contributed by atoms with Crippen LogP contribution in [0.3, 0.4) is 0 Å². The van der Waals surface area contributed by atoms with E-state index in [1.165, 1.54) is 6.07 Å². The molecule has 1 unspecified atom stereocenters. The molecule has 0 radical (unpaired) electrons. The third kappa shape index (κ3) is 2.59. The minimum Gasteiger partial charge on any atom is -0.343 e. The molecule has 2 heterocycles. The van der Waals surface area contributed by atoms with Gasteiger partial charge in [-0.25, -0.2) is 9.37 Å². The van der Waals surface area contributed by atoms with E-state index in [0.29, 0.717) is 40.8 Å². The molecule has 22 heavy (non-hydrogen) atoms. The van der Waals surface area contributed by atoms with Gasteiger partial charge in [0.15, 0.2) is 0 Å². The third-order valence-corrected chi connectivity index (χ3v) is 4.39. The molecule has 6 heteroatoms. The lowest BCUT2D eigenvalue weighted by molar-refractivity contribution is -0.119. The van der Waals surface area contributed by atoms with Crippen LogP contribution in [0.1, 0.15) is 25.1 Å². The Bertz CT molecular complexity index is 743. The van der Waals surface area contributed by atoms with E-state index in [1.807, 2.05) is 0 Å². The molecule has 1 aromatic carbocycles. The molecule has 1 atom stereocenters. The van der Waals surface area contributed by atoms with Gasteiger partial charge in [-0.1, -0.05) is 22.0 Å². The Morgan fingerprint density at radius 2 is 2.32 bits per heavy atom. The Hall–Kier alpha value is -1.95. The lowest BCUT2D eigenvalue weighted by Crippen LogP contribution is -2.39. The number of carbonyl (C=O) groups is 1. The summed E-state index contributed by atoms with van der Waals surface area (Å²) in [5, 5.41) is 2.97. The summed E-state index contributed by atoms with van der Waals surface area (Å²) in [5.41, 5.74) is 0.466. The highest BCUT2D eigenvalue weighted by atomic mass is 79.9. The van der Waals surface area contributed by atoms with Crippen LogP contribution in [0.15, 0.2) is 41.5 Å². The van der Waals surface area contributed by atoms with Crippen LogP contribution in [0.5, 0.6) is 0 Å². The molecule has 0 spiro atoms. The summed E-state index contributed by atoms with van der Waals surface area (Å²) in [5.74, 6) is 0.294. The molecule has 1 fully saturated rings. The van der Waals surface area contributed by atoms with E-state index < -0.39 is 5.54 Å². The fourth-order valence-corrected chi connectivity index (χ4v) is 3.13. The van der Waals surface area contributed by atoms with Crippen molar-refractivity contribution in [2.24, 2.45) is 0 Å². The molecule has 1 saturated heterocycles. The normalized spacial score (nSPS) is 20.9. The number of carbonyl (C=O) groups excluding carboxylic acids is 1. The van der Waals surface area contributed by atoms with Crippen LogP contribution in [0, 0.1) is 5.82 Å². The molecule has 2 N–H and O–H groups in total. The lowest BCUT2D eigenvalue weighted by Gasteiger charge is -2.25. The number of hydrogen-bond donors (Lipinski definition) is 2.